The Labute approximate surface area is 156 Å². The van der Waals surface area contributed by atoms with Crippen molar-refractivity contribution < 1.29 is 17.3 Å². The first-order valence-corrected chi connectivity index (χ1v) is 10.1. The molecule has 1 aliphatic heterocycles. The highest BCUT2D eigenvalue weighted by Crippen LogP contribution is 2.30. The Morgan fingerprint density at radius 1 is 1.07 bits per heavy atom. The molecule has 2 heterocycles. The van der Waals surface area contributed by atoms with Gasteiger partial charge in [-0.25, -0.2) is 12.8 Å². The summed E-state index contributed by atoms with van der Waals surface area (Å²) in [5.74, 6) is 0.269. The van der Waals surface area contributed by atoms with Crippen LogP contribution >= 0.6 is 0 Å². The van der Waals surface area contributed by atoms with Gasteiger partial charge in [-0.3, -0.25) is 0 Å². The smallest absolute Gasteiger partial charge is 0.243 e. The maximum Gasteiger partial charge on any atom is 0.243 e. The molecule has 0 spiro atoms. The van der Waals surface area contributed by atoms with Gasteiger partial charge in [0.1, 0.15) is 5.82 Å². The first-order valence-electron chi connectivity index (χ1n) is 8.69. The molecule has 140 valence electrons. The molecule has 4 rings (SSSR count). The predicted octanol–water partition coefficient (Wildman–Crippen LogP) is 3.44. The van der Waals surface area contributed by atoms with E-state index in [1.807, 2.05) is 0 Å². The number of benzene rings is 2. The number of halogens is 1. The van der Waals surface area contributed by atoms with Crippen LogP contribution in [0.15, 0.2) is 64.0 Å². The van der Waals surface area contributed by atoms with Crippen molar-refractivity contribution in [2.75, 3.05) is 13.1 Å². The quantitative estimate of drug-likeness (QED) is 0.685. The summed E-state index contributed by atoms with van der Waals surface area (Å²) in [6, 6.07) is 14.2. The van der Waals surface area contributed by atoms with E-state index in [9.17, 15) is 12.8 Å². The second kappa shape index (κ2) is 7.21. The molecule has 1 atom stereocenters. The highest BCUT2D eigenvalue weighted by Gasteiger charge is 2.33. The van der Waals surface area contributed by atoms with E-state index < -0.39 is 10.0 Å². The Balaban J connectivity index is 1.55. The number of piperidine rings is 1. The summed E-state index contributed by atoms with van der Waals surface area (Å²) in [7, 11) is -3.55. The van der Waals surface area contributed by atoms with Gasteiger partial charge in [-0.05, 0) is 49.2 Å². The van der Waals surface area contributed by atoms with Crippen LogP contribution in [-0.2, 0) is 10.0 Å². The van der Waals surface area contributed by atoms with Crippen molar-refractivity contribution >= 4 is 10.0 Å². The standard InChI is InChI=1S/C19H18FN3O3S/c20-16-10-8-14(9-11-16)18-21-19(26-22-18)15-5-4-12-23(13-15)27(24,25)17-6-2-1-3-7-17/h1-3,6-11,15H,4-5,12-13H2. The van der Waals surface area contributed by atoms with Crippen molar-refractivity contribution in [1.82, 2.24) is 14.4 Å². The predicted molar refractivity (Wildman–Crippen MR) is 96.9 cm³/mol. The van der Waals surface area contributed by atoms with Crippen molar-refractivity contribution in [1.29, 1.82) is 0 Å². The summed E-state index contributed by atoms with van der Waals surface area (Å²) < 4.78 is 45.6. The van der Waals surface area contributed by atoms with E-state index in [2.05, 4.69) is 10.1 Å². The van der Waals surface area contributed by atoms with Crippen molar-refractivity contribution in [2.45, 2.75) is 23.7 Å². The number of hydrogen-bond donors (Lipinski definition) is 0. The molecule has 1 aromatic heterocycles. The lowest BCUT2D eigenvalue weighted by molar-refractivity contribution is 0.265. The molecule has 27 heavy (non-hydrogen) atoms. The zero-order valence-corrected chi connectivity index (χ0v) is 15.3. The SMILES string of the molecule is O=S(=O)(c1ccccc1)N1CCCC(c2nc(-c3ccc(F)cc3)no2)C1. The van der Waals surface area contributed by atoms with Gasteiger partial charge in [0, 0.05) is 18.7 Å². The van der Waals surface area contributed by atoms with Gasteiger partial charge >= 0.3 is 0 Å². The zero-order valence-electron chi connectivity index (χ0n) is 14.5. The molecule has 0 amide bonds. The van der Waals surface area contributed by atoms with Crippen LogP contribution in [0.2, 0.25) is 0 Å². The Kier molecular flexibility index (Phi) is 4.75. The number of hydrogen-bond acceptors (Lipinski definition) is 5. The fourth-order valence-electron chi connectivity index (χ4n) is 3.22. The highest BCUT2D eigenvalue weighted by atomic mass is 32.2. The molecule has 6 nitrogen and oxygen atoms in total. The number of aromatic nitrogens is 2. The van der Waals surface area contributed by atoms with Crippen LogP contribution in [0.5, 0.6) is 0 Å². The molecule has 2 aromatic carbocycles. The van der Waals surface area contributed by atoms with Gasteiger partial charge in [-0.1, -0.05) is 23.4 Å². The van der Waals surface area contributed by atoms with Crippen LogP contribution in [-0.4, -0.2) is 36.0 Å². The van der Waals surface area contributed by atoms with E-state index in [0.29, 0.717) is 36.8 Å². The van der Waals surface area contributed by atoms with Crippen LogP contribution in [0.1, 0.15) is 24.7 Å². The summed E-state index contributed by atoms with van der Waals surface area (Å²) in [4.78, 5) is 4.68. The third kappa shape index (κ3) is 3.63. The number of rotatable bonds is 4. The van der Waals surface area contributed by atoms with Gasteiger partial charge in [-0.15, -0.1) is 0 Å². The summed E-state index contributed by atoms with van der Waals surface area (Å²) in [5, 5.41) is 3.96. The first kappa shape index (κ1) is 17.8. The summed E-state index contributed by atoms with van der Waals surface area (Å²) >= 11 is 0. The molecule has 1 aliphatic rings. The first-order chi connectivity index (χ1) is 13.0. The summed E-state index contributed by atoms with van der Waals surface area (Å²) in [6.45, 7) is 0.759. The van der Waals surface area contributed by atoms with Crippen molar-refractivity contribution in [3.63, 3.8) is 0 Å². The molecule has 0 saturated carbocycles. The minimum Gasteiger partial charge on any atom is -0.339 e. The molecule has 0 radical (unpaired) electrons. The maximum absolute atomic E-state index is 13.1. The van der Waals surface area contributed by atoms with E-state index in [0.717, 1.165) is 6.42 Å². The average Bonchev–Trinajstić information content (AvgIpc) is 3.20. The molecule has 8 heteroatoms. The van der Waals surface area contributed by atoms with E-state index in [-0.39, 0.29) is 16.6 Å². The Bertz CT molecular complexity index is 1020. The monoisotopic (exact) mass is 387 g/mol. The normalized spacial score (nSPS) is 18.5. The molecule has 0 aliphatic carbocycles. The molecule has 1 unspecified atom stereocenters. The maximum atomic E-state index is 13.1. The van der Waals surface area contributed by atoms with Crippen molar-refractivity contribution in [2.24, 2.45) is 0 Å². The minimum absolute atomic E-state index is 0.168. The van der Waals surface area contributed by atoms with Gasteiger partial charge in [0.2, 0.25) is 21.7 Å². The Morgan fingerprint density at radius 3 is 2.56 bits per heavy atom. The molecule has 0 bridgehead atoms. The van der Waals surface area contributed by atoms with Gasteiger partial charge < -0.3 is 4.52 Å². The van der Waals surface area contributed by atoms with Crippen LogP contribution in [0.3, 0.4) is 0 Å². The van der Waals surface area contributed by atoms with Crippen LogP contribution in [0.25, 0.3) is 11.4 Å². The lowest BCUT2D eigenvalue weighted by Gasteiger charge is -2.30. The second-order valence-corrected chi connectivity index (χ2v) is 8.42. The van der Waals surface area contributed by atoms with E-state index in [1.54, 1.807) is 42.5 Å². The molecule has 1 fully saturated rings. The summed E-state index contributed by atoms with van der Waals surface area (Å²) in [6.07, 6.45) is 1.48. The van der Waals surface area contributed by atoms with Gasteiger partial charge in [-0.2, -0.15) is 9.29 Å². The fraction of sp³-hybridized carbons (Fsp3) is 0.263. The molecular formula is C19H18FN3O3S. The van der Waals surface area contributed by atoms with Crippen molar-refractivity contribution in [3.8, 4) is 11.4 Å². The Morgan fingerprint density at radius 2 is 1.81 bits per heavy atom. The van der Waals surface area contributed by atoms with E-state index >= 15 is 0 Å². The molecule has 0 N–H and O–H groups in total. The fourth-order valence-corrected chi connectivity index (χ4v) is 4.77. The highest BCUT2D eigenvalue weighted by molar-refractivity contribution is 7.89. The third-order valence-electron chi connectivity index (χ3n) is 4.66. The molecular weight excluding hydrogens is 369 g/mol. The molecule has 1 saturated heterocycles. The van der Waals surface area contributed by atoms with Crippen LogP contribution < -0.4 is 0 Å². The molecule has 3 aromatic rings. The topological polar surface area (TPSA) is 76.3 Å². The van der Waals surface area contributed by atoms with E-state index in [1.165, 1.54) is 16.4 Å². The van der Waals surface area contributed by atoms with Gasteiger partial charge in [0.05, 0.1) is 10.8 Å². The zero-order chi connectivity index (χ0) is 18.9. The lowest BCUT2D eigenvalue weighted by atomic mass is 10.00. The van der Waals surface area contributed by atoms with E-state index in [4.69, 9.17) is 4.52 Å². The number of nitrogens with zero attached hydrogens (tertiary/aromatic N) is 3. The van der Waals surface area contributed by atoms with Gasteiger partial charge in [0.15, 0.2) is 0 Å². The van der Waals surface area contributed by atoms with Crippen molar-refractivity contribution in [3.05, 3.63) is 66.3 Å². The van der Waals surface area contributed by atoms with Gasteiger partial charge in [0.25, 0.3) is 0 Å². The Hall–Kier alpha value is -2.58. The van der Waals surface area contributed by atoms with Crippen LogP contribution in [0, 0.1) is 5.82 Å². The lowest BCUT2D eigenvalue weighted by Crippen LogP contribution is -2.39. The average molecular weight is 387 g/mol. The largest absolute Gasteiger partial charge is 0.339 e. The number of sulfonamides is 1. The van der Waals surface area contributed by atoms with Crippen LogP contribution in [0.4, 0.5) is 4.39 Å². The third-order valence-corrected chi connectivity index (χ3v) is 6.54. The minimum atomic E-state index is -3.55. The summed E-state index contributed by atoms with van der Waals surface area (Å²) in [5.41, 5.74) is 0.649. The second-order valence-electron chi connectivity index (χ2n) is 6.48.